The molecule has 0 bridgehead atoms. The van der Waals surface area contributed by atoms with E-state index in [2.05, 4.69) is 11.8 Å². The van der Waals surface area contributed by atoms with Gasteiger partial charge < -0.3 is 9.64 Å². The number of pyridine rings is 1. The fraction of sp³-hybridized carbons (Fsp3) is 0.478. The van der Waals surface area contributed by atoms with E-state index in [9.17, 15) is 9.59 Å². The average Bonchev–Trinajstić information content (AvgIpc) is 3.08. The lowest BCUT2D eigenvalue weighted by Gasteiger charge is -2.29. The molecule has 32 heavy (non-hydrogen) atoms. The summed E-state index contributed by atoms with van der Waals surface area (Å²) in [5.41, 5.74) is 0.803. The number of hydrogen-bond donors (Lipinski definition) is 0. The predicted octanol–water partition coefficient (Wildman–Crippen LogP) is 3.70. The molecule has 170 valence electrons. The third-order valence-electron chi connectivity index (χ3n) is 5.69. The molecular weight excluding hydrogens is 444 g/mol. The first-order valence-corrected chi connectivity index (χ1v) is 12.4. The molecule has 0 aliphatic carbocycles. The maximum absolute atomic E-state index is 13.4. The zero-order valence-corrected chi connectivity index (χ0v) is 19.9. The summed E-state index contributed by atoms with van der Waals surface area (Å²) in [6.45, 7) is 5.26. The standard InChI is InChI=1S/C23H28N4O3S2/c1-2-3-4-5-7-11-27-22(29)18(32-23(27)31)16-17-20(25-12-14-30-15-13-25)24-19-9-6-8-10-26(19)21(17)28/h6,8-10,16H,2-5,7,11-15H2,1H3/b18-16-. The van der Waals surface area contributed by atoms with Crippen LogP contribution in [-0.2, 0) is 9.53 Å². The Morgan fingerprint density at radius 2 is 1.94 bits per heavy atom. The average molecular weight is 473 g/mol. The third kappa shape index (κ3) is 4.89. The Morgan fingerprint density at radius 1 is 1.16 bits per heavy atom. The highest BCUT2D eigenvalue weighted by Crippen LogP contribution is 2.33. The molecule has 0 aromatic carbocycles. The number of carbonyl (C=O) groups excluding carboxylic acids is 1. The van der Waals surface area contributed by atoms with E-state index in [4.69, 9.17) is 21.9 Å². The van der Waals surface area contributed by atoms with E-state index in [1.807, 2.05) is 12.1 Å². The van der Waals surface area contributed by atoms with Gasteiger partial charge in [-0.25, -0.2) is 4.98 Å². The molecule has 0 radical (unpaired) electrons. The number of fused-ring (bicyclic) bond motifs is 1. The molecule has 0 saturated carbocycles. The van der Waals surface area contributed by atoms with Gasteiger partial charge in [-0.3, -0.25) is 18.9 Å². The van der Waals surface area contributed by atoms with Gasteiger partial charge in [-0.05, 0) is 24.6 Å². The number of amides is 1. The van der Waals surface area contributed by atoms with Gasteiger partial charge in [-0.1, -0.05) is 62.7 Å². The van der Waals surface area contributed by atoms with Crippen LogP contribution in [0.5, 0.6) is 0 Å². The molecule has 0 atom stereocenters. The van der Waals surface area contributed by atoms with E-state index < -0.39 is 0 Å². The summed E-state index contributed by atoms with van der Waals surface area (Å²) in [7, 11) is 0. The summed E-state index contributed by atoms with van der Waals surface area (Å²) in [6.07, 6.45) is 8.96. The van der Waals surface area contributed by atoms with E-state index in [1.54, 1.807) is 23.2 Å². The van der Waals surface area contributed by atoms with Crippen LogP contribution in [0.25, 0.3) is 11.7 Å². The lowest BCUT2D eigenvalue weighted by Crippen LogP contribution is -2.38. The first-order valence-electron chi connectivity index (χ1n) is 11.2. The van der Waals surface area contributed by atoms with Crippen LogP contribution < -0.4 is 10.5 Å². The lowest BCUT2D eigenvalue weighted by molar-refractivity contribution is -0.122. The van der Waals surface area contributed by atoms with Gasteiger partial charge in [0.15, 0.2) is 0 Å². The molecule has 0 spiro atoms. The second-order valence-electron chi connectivity index (χ2n) is 7.93. The fourth-order valence-electron chi connectivity index (χ4n) is 3.93. The molecule has 0 unspecified atom stereocenters. The zero-order chi connectivity index (χ0) is 22.5. The molecule has 2 aromatic heterocycles. The van der Waals surface area contributed by atoms with E-state index in [1.165, 1.54) is 35.4 Å². The number of anilines is 1. The van der Waals surface area contributed by atoms with Crippen molar-refractivity contribution in [3.63, 3.8) is 0 Å². The van der Waals surface area contributed by atoms with Crippen molar-refractivity contribution in [3.8, 4) is 0 Å². The fourth-order valence-corrected chi connectivity index (χ4v) is 5.22. The van der Waals surface area contributed by atoms with Crippen LogP contribution in [0.4, 0.5) is 5.82 Å². The number of carbonyl (C=O) groups is 1. The second-order valence-corrected chi connectivity index (χ2v) is 9.61. The summed E-state index contributed by atoms with van der Waals surface area (Å²) in [4.78, 5) is 35.4. The molecule has 9 heteroatoms. The van der Waals surface area contributed by atoms with Crippen molar-refractivity contribution in [1.82, 2.24) is 14.3 Å². The van der Waals surface area contributed by atoms with E-state index in [0.717, 1.165) is 12.8 Å². The Bertz CT molecular complexity index is 1090. The first-order chi connectivity index (χ1) is 15.6. The minimum Gasteiger partial charge on any atom is -0.378 e. The van der Waals surface area contributed by atoms with Crippen molar-refractivity contribution in [1.29, 1.82) is 0 Å². The van der Waals surface area contributed by atoms with Crippen LogP contribution in [-0.4, -0.2) is 57.4 Å². The van der Waals surface area contributed by atoms with Gasteiger partial charge in [-0.2, -0.15) is 0 Å². The molecule has 2 saturated heterocycles. The number of aromatic nitrogens is 2. The van der Waals surface area contributed by atoms with Gasteiger partial charge >= 0.3 is 0 Å². The number of hydrogen-bond acceptors (Lipinski definition) is 7. The summed E-state index contributed by atoms with van der Waals surface area (Å²) in [6, 6.07) is 5.47. The van der Waals surface area contributed by atoms with Crippen LogP contribution in [0.15, 0.2) is 34.1 Å². The van der Waals surface area contributed by atoms with E-state index in [0.29, 0.717) is 59.1 Å². The van der Waals surface area contributed by atoms with Crippen LogP contribution in [0.1, 0.15) is 44.6 Å². The number of nitrogens with zero attached hydrogens (tertiary/aromatic N) is 4. The van der Waals surface area contributed by atoms with Crippen molar-refractivity contribution >= 4 is 51.7 Å². The topological polar surface area (TPSA) is 67.2 Å². The van der Waals surface area contributed by atoms with Gasteiger partial charge in [0.1, 0.15) is 15.8 Å². The zero-order valence-electron chi connectivity index (χ0n) is 18.3. The largest absolute Gasteiger partial charge is 0.378 e. The number of thioether (sulfide) groups is 1. The van der Waals surface area contributed by atoms with Gasteiger partial charge in [0.25, 0.3) is 11.5 Å². The summed E-state index contributed by atoms with van der Waals surface area (Å²) in [5, 5.41) is 0. The highest BCUT2D eigenvalue weighted by Gasteiger charge is 2.32. The quantitative estimate of drug-likeness (QED) is 0.330. The molecule has 0 N–H and O–H groups in total. The lowest BCUT2D eigenvalue weighted by atomic mass is 10.1. The molecule has 1 amide bonds. The van der Waals surface area contributed by atoms with Crippen molar-refractivity contribution in [2.24, 2.45) is 0 Å². The van der Waals surface area contributed by atoms with E-state index in [-0.39, 0.29) is 11.5 Å². The Kier molecular flexibility index (Phi) is 7.59. The molecule has 4 rings (SSSR count). The number of rotatable bonds is 8. The molecule has 2 aliphatic rings. The highest BCUT2D eigenvalue weighted by molar-refractivity contribution is 8.26. The monoisotopic (exact) mass is 472 g/mol. The summed E-state index contributed by atoms with van der Waals surface area (Å²) < 4.78 is 7.54. The van der Waals surface area contributed by atoms with Crippen molar-refractivity contribution in [3.05, 3.63) is 45.2 Å². The van der Waals surface area contributed by atoms with E-state index >= 15 is 0 Å². The molecular formula is C23H28N4O3S2. The molecule has 4 heterocycles. The Hall–Kier alpha value is -2.23. The van der Waals surface area contributed by atoms with Crippen molar-refractivity contribution in [2.75, 3.05) is 37.7 Å². The van der Waals surface area contributed by atoms with Gasteiger partial charge in [0, 0.05) is 25.8 Å². The highest BCUT2D eigenvalue weighted by atomic mass is 32.2. The molecule has 2 aromatic rings. The SMILES string of the molecule is CCCCCCCN1C(=O)/C(=C/c2c(N3CCOCC3)nc3ccccn3c2=O)SC1=S. The number of unbranched alkanes of at least 4 members (excludes halogenated alkanes) is 4. The minimum atomic E-state index is -0.193. The second kappa shape index (κ2) is 10.6. The van der Waals surface area contributed by atoms with Gasteiger partial charge in [0.2, 0.25) is 0 Å². The minimum absolute atomic E-state index is 0.124. The van der Waals surface area contributed by atoms with Crippen LogP contribution in [0.2, 0.25) is 0 Å². The van der Waals surface area contributed by atoms with Gasteiger partial charge in [0.05, 0.1) is 23.7 Å². The molecule has 2 fully saturated rings. The Balaban J connectivity index is 1.65. The number of ether oxygens (including phenoxy) is 1. The summed E-state index contributed by atoms with van der Waals surface area (Å²) >= 11 is 6.74. The summed E-state index contributed by atoms with van der Waals surface area (Å²) in [5.74, 6) is 0.468. The molecule has 7 nitrogen and oxygen atoms in total. The normalized spacial score (nSPS) is 18.3. The maximum Gasteiger partial charge on any atom is 0.267 e. The van der Waals surface area contributed by atoms with Crippen molar-refractivity contribution < 1.29 is 9.53 Å². The Morgan fingerprint density at radius 3 is 2.72 bits per heavy atom. The smallest absolute Gasteiger partial charge is 0.267 e. The van der Waals surface area contributed by atoms with Crippen LogP contribution in [0, 0.1) is 0 Å². The Labute approximate surface area is 197 Å². The van der Waals surface area contributed by atoms with Gasteiger partial charge in [-0.15, -0.1) is 0 Å². The van der Waals surface area contributed by atoms with Crippen LogP contribution in [0.3, 0.4) is 0 Å². The third-order valence-corrected chi connectivity index (χ3v) is 7.07. The number of morpholine rings is 1. The first kappa shape index (κ1) is 22.9. The predicted molar refractivity (Wildman–Crippen MR) is 133 cm³/mol. The van der Waals surface area contributed by atoms with Crippen LogP contribution >= 0.6 is 24.0 Å². The van der Waals surface area contributed by atoms with Crippen molar-refractivity contribution in [2.45, 2.75) is 39.0 Å². The number of thiocarbonyl (C=S) groups is 1. The molecule has 2 aliphatic heterocycles. The maximum atomic E-state index is 13.4.